The number of carbonyl (C=O) groups excluding carboxylic acids is 1. The Morgan fingerprint density at radius 2 is 2.03 bits per heavy atom. The van der Waals surface area contributed by atoms with Crippen LogP contribution in [0, 0.1) is 5.92 Å². The van der Waals surface area contributed by atoms with E-state index in [-0.39, 0.29) is 17.9 Å². The number of benzene rings is 1. The summed E-state index contributed by atoms with van der Waals surface area (Å²) in [4.78, 5) is 21.1. The topological polar surface area (TPSA) is 39.3 Å². The maximum absolute atomic E-state index is 13.3. The van der Waals surface area contributed by atoms with E-state index in [4.69, 9.17) is 0 Å². The smallest absolute Gasteiger partial charge is 0.230 e. The number of hydrogen-bond donors (Lipinski definition) is 1. The summed E-state index contributed by atoms with van der Waals surface area (Å²) >= 11 is 0. The van der Waals surface area contributed by atoms with Gasteiger partial charge < -0.3 is 9.88 Å². The SMILES string of the molecule is C=C(C)/C=C\C(=C)CN1CC(C(=O)N(CC)CC)C=C2c3cccc4[nH]cc(c34)CC21. The number of rotatable bonds is 7. The number of fused-ring (bicyclic) bond motifs is 2. The van der Waals surface area contributed by atoms with Crippen molar-refractivity contribution < 1.29 is 4.79 Å². The maximum Gasteiger partial charge on any atom is 0.230 e. The number of aromatic nitrogens is 1. The van der Waals surface area contributed by atoms with Crippen LogP contribution in [0.5, 0.6) is 0 Å². The first-order chi connectivity index (χ1) is 14.9. The van der Waals surface area contributed by atoms with Crippen LogP contribution in [0.15, 0.2) is 66.9 Å². The zero-order valence-electron chi connectivity index (χ0n) is 18.9. The van der Waals surface area contributed by atoms with Crippen molar-refractivity contribution in [2.75, 3.05) is 26.2 Å². The van der Waals surface area contributed by atoms with Crippen molar-refractivity contribution in [1.29, 1.82) is 0 Å². The molecular weight excluding hydrogens is 382 g/mol. The van der Waals surface area contributed by atoms with Gasteiger partial charge in [0, 0.05) is 49.3 Å². The van der Waals surface area contributed by atoms with Gasteiger partial charge in [0.2, 0.25) is 5.91 Å². The molecular formula is C27H33N3O. The van der Waals surface area contributed by atoms with Crippen molar-refractivity contribution in [3.05, 3.63) is 78.1 Å². The van der Waals surface area contributed by atoms with E-state index in [2.05, 4.69) is 67.4 Å². The second-order valence-electron chi connectivity index (χ2n) is 8.77. The molecule has 162 valence electrons. The van der Waals surface area contributed by atoms with E-state index >= 15 is 0 Å². The molecule has 1 aliphatic heterocycles. The van der Waals surface area contributed by atoms with Crippen LogP contribution in [-0.4, -0.2) is 52.9 Å². The highest BCUT2D eigenvalue weighted by Crippen LogP contribution is 2.41. The molecule has 0 fully saturated rings. The van der Waals surface area contributed by atoms with E-state index < -0.39 is 0 Å². The van der Waals surface area contributed by atoms with Gasteiger partial charge in [0.15, 0.2) is 0 Å². The Morgan fingerprint density at radius 3 is 2.74 bits per heavy atom. The Hall–Kier alpha value is -2.85. The zero-order valence-corrected chi connectivity index (χ0v) is 18.9. The van der Waals surface area contributed by atoms with E-state index in [1.807, 2.05) is 24.0 Å². The largest absolute Gasteiger partial charge is 0.361 e. The third-order valence-electron chi connectivity index (χ3n) is 6.53. The van der Waals surface area contributed by atoms with E-state index in [9.17, 15) is 4.79 Å². The number of hydrogen-bond acceptors (Lipinski definition) is 2. The van der Waals surface area contributed by atoms with Gasteiger partial charge in [-0.2, -0.15) is 0 Å². The molecule has 4 rings (SSSR count). The molecule has 0 spiro atoms. The first-order valence-corrected chi connectivity index (χ1v) is 11.3. The molecule has 0 saturated carbocycles. The van der Waals surface area contributed by atoms with Crippen LogP contribution < -0.4 is 0 Å². The molecule has 2 aromatic rings. The van der Waals surface area contributed by atoms with Crippen LogP contribution in [0.1, 0.15) is 31.9 Å². The van der Waals surface area contributed by atoms with Crippen LogP contribution in [0.2, 0.25) is 0 Å². The van der Waals surface area contributed by atoms with Gasteiger partial charge in [-0.05, 0) is 55.5 Å². The van der Waals surface area contributed by atoms with Crippen molar-refractivity contribution in [2.24, 2.45) is 5.92 Å². The van der Waals surface area contributed by atoms with Gasteiger partial charge >= 0.3 is 0 Å². The molecule has 31 heavy (non-hydrogen) atoms. The van der Waals surface area contributed by atoms with Gasteiger partial charge in [-0.1, -0.05) is 49.1 Å². The second-order valence-corrected chi connectivity index (χ2v) is 8.77. The highest BCUT2D eigenvalue weighted by atomic mass is 16.2. The lowest BCUT2D eigenvalue weighted by atomic mass is 9.79. The normalized spacial score (nSPS) is 20.5. The molecule has 0 radical (unpaired) electrons. The van der Waals surface area contributed by atoms with Gasteiger partial charge in [0.1, 0.15) is 0 Å². The summed E-state index contributed by atoms with van der Waals surface area (Å²) < 4.78 is 0. The van der Waals surface area contributed by atoms with Gasteiger partial charge in [-0.15, -0.1) is 0 Å². The number of allylic oxidation sites excluding steroid dienone is 2. The first-order valence-electron chi connectivity index (χ1n) is 11.3. The van der Waals surface area contributed by atoms with Crippen LogP contribution in [0.4, 0.5) is 0 Å². The number of carbonyl (C=O) groups is 1. The number of nitrogens with zero attached hydrogens (tertiary/aromatic N) is 2. The summed E-state index contributed by atoms with van der Waals surface area (Å²) in [5.41, 5.74) is 7.12. The number of aromatic amines is 1. The molecule has 0 saturated heterocycles. The van der Waals surface area contributed by atoms with Crippen molar-refractivity contribution in [3.8, 4) is 0 Å². The molecule has 1 N–H and O–H groups in total. The van der Waals surface area contributed by atoms with Crippen molar-refractivity contribution in [3.63, 3.8) is 0 Å². The third-order valence-corrected chi connectivity index (χ3v) is 6.53. The third kappa shape index (κ3) is 4.05. The standard InChI is InChI=1S/C27H33N3O/c1-6-29(7-2)27(31)21-13-23-22-9-8-10-24-26(22)20(15-28-24)14-25(23)30(17-21)16-19(5)12-11-18(3)4/h8-13,15,21,25,28H,3,5-7,14,16-17H2,1-2,4H3/b12-11-. The van der Waals surface area contributed by atoms with Crippen molar-refractivity contribution in [2.45, 2.75) is 33.2 Å². The van der Waals surface area contributed by atoms with E-state index in [1.54, 1.807) is 0 Å². The number of H-pyrrole nitrogens is 1. The Kier molecular flexibility index (Phi) is 6.01. The molecule has 1 aromatic heterocycles. The monoisotopic (exact) mass is 415 g/mol. The Labute approximate surface area is 185 Å². The van der Waals surface area contributed by atoms with Crippen LogP contribution in [-0.2, 0) is 11.2 Å². The predicted molar refractivity (Wildman–Crippen MR) is 130 cm³/mol. The molecule has 1 aromatic carbocycles. The molecule has 4 heteroatoms. The fourth-order valence-electron chi connectivity index (χ4n) is 5.00. The molecule has 2 heterocycles. The van der Waals surface area contributed by atoms with Gasteiger partial charge in [0.25, 0.3) is 0 Å². The van der Waals surface area contributed by atoms with E-state index in [0.717, 1.165) is 43.7 Å². The Bertz CT molecular complexity index is 1080. The maximum atomic E-state index is 13.3. The summed E-state index contributed by atoms with van der Waals surface area (Å²) in [5.74, 6) is 0.0795. The highest BCUT2D eigenvalue weighted by molar-refractivity contribution is 5.99. The highest BCUT2D eigenvalue weighted by Gasteiger charge is 2.38. The minimum absolute atomic E-state index is 0.139. The lowest BCUT2D eigenvalue weighted by molar-refractivity contribution is -0.134. The summed E-state index contributed by atoms with van der Waals surface area (Å²) in [6.07, 6.45) is 9.40. The lowest BCUT2D eigenvalue weighted by Gasteiger charge is -2.42. The first kappa shape index (κ1) is 21.4. The predicted octanol–water partition coefficient (Wildman–Crippen LogP) is 4.96. The van der Waals surface area contributed by atoms with Crippen LogP contribution in [0.25, 0.3) is 16.5 Å². The summed E-state index contributed by atoms with van der Waals surface area (Å²) in [7, 11) is 0. The molecule has 0 bridgehead atoms. The van der Waals surface area contributed by atoms with Gasteiger partial charge in [-0.3, -0.25) is 9.69 Å². The number of nitrogens with one attached hydrogen (secondary N) is 1. The van der Waals surface area contributed by atoms with E-state index in [1.165, 1.54) is 27.6 Å². The molecule has 4 nitrogen and oxygen atoms in total. The molecule has 1 aliphatic carbocycles. The second kappa shape index (κ2) is 8.72. The zero-order chi connectivity index (χ0) is 22.1. The molecule has 1 amide bonds. The molecule has 2 aliphatic rings. The summed E-state index contributed by atoms with van der Waals surface area (Å²) in [5, 5.41) is 1.31. The molecule has 2 atom stereocenters. The quantitative estimate of drug-likeness (QED) is 0.649. The average Bonchev–Trinajstić information content (AvgIpc) is 3.18. The Morgan fingerprint density at radius 1 is 1.26 bits per heavy atom. The van der Waals surface area contributed by atoms with Crippen molar-refractivity contribution in [1.82, 2.24) is 14.8 Å². The van der Waals surface area contributed by atoms with Crippen LogP contribution in [0.3, 0.4) is 0 Å². The fourth-order valence-corrected chi connectivity index (χ4v) is 5.00. The minimum Gasteiger partial charge on any atom is -0.361 e. The average molecular weight is 416 g/mol. The minimum atomic E-state index is -0.139. The van der Waals surface area contributed by atoms with Gasteiger partial charge in [0.05, 0.1) is 5.92 Å². The lowest BCUT2D eigenvalue weighted by Crippen LogP contribution is -2.49. The Balaban J connectivity index is 1.74. The fraction of sp³-hybridized carbons (Fsp3) is 0.370. The summed E-state index contributed by atoms with van der Waals surface area (Å²) in [6, 6.07) is 6.70. The van der Waals surface area contributed by atoms with Gasteiger partial charge in [-0.25, -0.2) is 0 Å². The van der Waals surface area contributed by atoms with E-state index in [0.29, 0.717) is 0 Å². The summed E-state index contributed by atoms with van der Waals surface area (Å²) in [6.45, 7) is 17.3. The van der Waals surface area contributed by atoms with Crippen LogP contribution >= 0.6 is 0 Å². The molecule has 2 unspecified atom stereocenters. The number of amides is 1. The van der Waals surface area contributed by atoms with Crippen molar-refractivity contribution >= 4 is 22.4 Å².